The van der Waals surface area contributed by atoms with E-state index in [4.69, 9.17) is 15.5 Å². The third-order valence-electron chi connectivity index (χ3n) is 6.49. The second kappa shape index (κ2) is 7.63. The first-order valence-electron chi connectivity index (χ1n) is 11.2. The Morgan fingerprint density at radius 3 is 2.67 bits per heavy atom. The highest BCUT2D eigenvalue weighted by atomic mass is 16.5. The number of para-hydroxylation sites is 2. The molecule has 0 fully saturated rings. The van der Waals surface area contributed by atoms with Gasteiger partial charge in [0, 0.05) is 28.8 Å². The van der Waals surface area contributed by atoms with E-state index in [1.165, 1.54) is 0 Å². The van der Waals surface area contributed by atoms with Gasteiger partial charge in [0.2, 0.25) is 0 Å². The maximum absolute atomic E-state index is 13.7. The number of rotatable bonds is 3. The zero-order chi connectivity index (χ0) is 23.3. The summed E-state index contributed by atoms with van der Waals surface area (Å²) >= 11 is 0. The third-order valence-corrected chi connectivity index (χ3v) is 6.49. The lowest BCUT2D eigenvalue weighted by Crippen LogP contribution is -2.42. The Hall–Kier alpha value is -3.85. The van der Waals surface area contributed by atoms with Crippen molar-refractivity contribution in [3.63, 3.8) is 0 Å². The number of aliphatic imine (C=N–C) groups is 1. The van der Waals surface area contributed by atoms with Gasteiger partial charge in [0.05, 0.1) is 29.9 Å². The molecule has 0 bridgehead atoms. The molecule has 2 heterocycles. The fourth-order valence-corrected chi connectivity index (χ4v) is 5.21. The maximum atomic E-state index is 13.7. The van der Waals surface area contributed by atoms with Crippen molar-refractivity contribution in [2.75, 3.05) is 11.5 Å². The third kappa shape index (κ3) is 3.23. The van der Waals surface area contributed by atoms with Gasteiger partial charge in [-0.15, -0.1) is 0 Å². The van der Waals surface area contributed by atoms with E-state index in [0.29, 0.717) is 48.0 Å². The van der Waals surface area contributed by atoms with Gasteiger partial charge < -0.3 is 10.5 Å². The molecule has 0 amide bonds. The predicted octanol–water partition coefficient (Wildman–Crippen LogP) is 4.79. The summed E-state index contributed by atoms with van der Waals surface area (Å²) in [5.41, 5.74) is 10.6. The smallest absolute Gasteiger partial charge is 0.162 e. The Kier molecular flexibility index (Phi) is 4.86. The fourth-order valence-electron chi connectivity index (χ4n) is 5.21. The molecule has 2 aromatic rings. The Morgan fingerprint density at radius 1 is 1.18 bits per heavy atom. The van der Waals surface area contributed by atoms with Gasteiger partial charge in [-0.25, -0.2) is 4.99 Å². The number of allylic oxidation sites excluding steroid dienone is 3. The number of nitriles is 1. The lowest BCUT2D eigenvalue weighted by atomic mass is 9.68. The number of ketones is 1. The van der Waals surface area contributed by atoms with E-state index in [-0.39, 0.29) is 11.2 Å². The molecule has 33 heavy (non-hydrogen) atoms. The summed E-state index contributed by atoms with van der Waals surface area (Å²) in [6.45, 7) is 6.62. The van der Waals surface area contributed by atoms with Crippen molar-refractivity contribution in [1.29, 1.82) is 5.26 Å². The molecule has 1 atom stereocenters. The van der Waals surface area contributed by atoms with Crippen LogP contribution in [-0.2, 0) is 4.79 Å². The number of amidine groups is 1. The summed E-state index contributed by atoms with van der Waals surface area (Å²) in [7, 11) is 0. The Labute approximate surface area is 193 Å². The quantitative estimate of drug-likeness (QED) is 0.744. The van der Waals surface area contributed by atoms with Crippen molar-refractivity contribution >= 4 is 17.3 Å². The van der Waals surface area contributed by atoms with Gasteiger partial charge in [0.25, 0.3) is 0 Å². The molecule has 0 saturated heterocycles. The summed E-state index contributed by atoms with van der Waals surface area (Å²) in [5.74, 6) is 1.04. The van der Waals surface area contributed by atoms with Crippen LogP contribution in [0.4, 0.5) is 5.69 Å². The van der Waals surface area contributed by atoms with Gasteiger partial charge >= 0.3 is 0 Å². The molecule has 0 aromatic heterocycles. The number of fused-ring (bicyclic) bond motifs is 4. The van der Waals surface area contributed by atoms with E-state index in [9.17, 15) is 10.1 Å². The Morgan fingerprint density at radius 2 is 1.91 bits per heavy atom. The first-order chi connectivity index (χ1) is 15.9. The van der Waals surface area contributed by atoms with Gasteiger partial charge in [-0.1, -0.05) is 44.2 Å². The van der Waals surface area contributed by atoms with Crippen molar-refractivity contribution in [2.24, 2.45) is 16.1 Å². The molecule has 2 aromatic carbocycles. The highest BCUT2D eigenvalue weighted by Crippen LogP contribution is 2.53. The van der Waals surface area contributed by atoms with Crippen LogP contribution in [0.1, 0.15) is 50.7 Å². The lowest BCUT2D eigenvalue weighted by Gasteiger charge is -2.45. The SMILES string of the molecule is CCOc1ccccc1[C@H]1C(C#N)=C2N=C(N)c3ccccc3N2C2=C1C(=O)CC(C)(C)C2. The molecule has 0 radical (unpaired) electrons. The number of carbonyl (C=O) groups excluding carboxylic acids is 1. The maximum Gasteiger partial charge on any atom is 0.162 e. The van der Waals surface area contributed by atoms with Gasteiger partial charge in [-0.2, -0.15) is 5.26 Å². The van der Waals surface area contributed by atoms with E-state index in [2.05, 4.69) is 19.9 Å². The first kappa shape index (κ1) is 21.0. The van der Waals surface area contributed by atoms with Gasteiger partial charge in [0.15, 0.2) is 11.6 Å². The average molecular weight is 439 g/mol. The fraction of sp³-hybridized carbons (Fsp3) is 0.296. The highest BCUT2D eigenvalue weighted by molar-refractivity contribution is 6.08. The van der Waals surface area contributed by atoms with Crippen LogP contribution in [0.2, 0.25) is 0 Å². The molecule has 1 aliphatic carbocycles. The van der Waals surface area contributed by atoms with Crippen LogP contribution in [0.5, 0.6) is 5.75 Å². The topological polar surface area (TPSA) is 91.7 Å². The number of nitrogens with zero attached hydrogens (tertiary/aromatic N) is 3. The molecular weight excluding hydrogens is 412 g/mol. The molecule has 6 nitrogen and oxygen atoms in total. The van der Waals surface area contributed by atoms with Crippen molar-refractivity contribution in [1.82, 2.24) is 0 Å². The largest absolute Gasteiger partial charge is 0.494 e. The van der Waals surface area contributed by atoms with Crippen LogP contribution >= 0.6 is 0 Å². The number of carbonyl (C=O) groups is 1. The number of anilines is 1. The number of hydrogen-bond donors (Lipinski definition) is 1. The number of benzene rings is 2. The first-order valence-corrected chi connectivity index (χ1v) is 11.2. The van der Waals surface area contributed by atoms with Gasteiger partial charge in [-0.3, -0.25) is 9.69 Å². The highest BCUT2D eigenvalue weighted by Gasteiger charge is 2.47. The van der Waals surface area contributed by atoms with Crippen LogP contribution in [0, 0.1) is 16.7 Å². The van der Waals surface area contributed by atoms with Crippen molar-refractivity contribution in [3.05, 3.63) is 82.3 Å². The predicted molar refractivity (Wildman–Crippen MR) is 128 cm³/mol. The molecule has 3 aliphatic rings. The summed E-state index contributed by atoms with van der Waals surface area (Å²) in [5, 5.41) is 10.4. The van der Waals surface area contributed by atoms with Gasteiger partial charge in [0.1, 0.15) is 11.6 Å². The Balaban J connectivity index is 1.85. The second-order valence-electron chi connectivity index (χ2n) is 9.40. The molecule has 0 unspecified atom stereocenters. The van der Waals surface area contributed by atoms with Crippen LogP contribution in [-0.4, -0.2) is 18.2 Å². The van der Waals surface area contributed by atoms with E-state index in [0.717, 1.165) is 22.5 Å². The van der Waals surface area contributed by atoms with Crippen LogP contribution in [0.25, 0.3) is 0 Å². The minimum absolute atomic E-state index is 0.0596. The van der Waals surface area contributed by atoms with Crippen molar-refractivity contribution in [3.8, 4) is 11.8 Å². The molecule has 2 aliphatic heterocycles. The summed E-state index contributed by atoms with van der Waals surface area (Å²) in [6.07, 6.45) is 1.11. The van der Waals surface area contributed by atoms with Crippen LogP contribution < -0.4 is 15.4 Å². The molecule has 0 saturated carbocycles. The average Bonchev–Trinajstić information content (AvgIpc) is 2.78. The number of hydrogen-bond acceptors (Lipinski definition) is 6. The molecular formula is C27H26N4O2. The van der Waals surface area contributed by atoms with Crippen LogP contribution in [0.3, 0.4) is 0 Å². The summed E-state index contributed by atoms with van der Waals surface area (Å²) < 4.78 is 5.91. The van der Waals surface area contributed by atoms with Crippen molar-refractivity contribution < 1.29 is 9.53 Å². The number of nitrogens with two attached hydrogens (primary N) is 1. The monoisotopic (exact) mass is 438 g/mol. The normalized spacial score (nSPS) is 21.0. The standard InChI is InChI=1S/C27H26N4O2/c1-4-33-22-12-8-6-10-17(22)23-18(15-28)26-30-25(29)16-9-5-7-11-19(16)31(26)20-13-27(2,3)14-21(32)24(20)23/h5-12,23H,4,13-14H2,1-3H3,(H2,29,30)/t23-/m0/s1. The van der Waals surface area contributed by atoms with E-state index >= 15 is 0 Å². The van der Waals surface area contributed by atoms with E-state index in [1.807, 2.05) is 60.4 Å². The van der Waals surface area contributed by atoms with Crippen LogP contribution in [0.15, 0.2) is 76.2 Å². The molecule has 166 valence electrons. The second-order valence-corrected chi connectivity index (χ2v) is 9.40. The zero-order valence-electron chi connectivity index (χ0n) is 19.1. The molecule has 2 N–H and O–H groups in total. The molecule has 0 spiro atoms. The molecule has 5 rings (SSSR count). The number of Topliss-reactive ketones (excluding diaryl/α,β-unsaturated/α-hetero) is 1. The lowest BCUT2D eigenvalue weighted by molar-refractivity contribution is -0.118. The van der Waals surface area contributed by atoms with Crippen molar-refractivity contribution in [2.45, 2.75) is 39.5 Å². The van der Waals surface area contributed by atoms with E-state index < -0.39 is 5.92 Å². The minimum atomic E-state index is -0.551. The summed E-state index contributed by atoms with van der Waals surface area (Å²) in [6, 6.07) is 17.8. The Bertz CT molecular complexity index is 1310. The molecule has 6 heteroatoms. The zero-order valence-corrected chi connectivity index (χ0v) is 19.1. The minimum Gasteiger partial charge on any atom is -0.494 e. The number of ether oxygens (including phenoxy) is 1. The van der Waals surface area contributed by atoms with Gasteiger partial charge in [-0.05, 0) is 37.0 Å². The summed E-state index contributed by atoms with van der Waals surface area (Å²) in [4.78, 5) is 20.4. The van der Waals surface area contributed by atoms with E-state index in [1.54, 1.807) is 0 Å².